The minimum atomic E-state index is -0.521. The van der Waals surface area contributed by atoms with Gasteiger partial charge in [-0.3, -0.25) is 4.99 Å². The fourth-order valence-electron chi connectivity index (χ4n) is 3.54. The van der Waals surface area contributed by atoms with Crippen LogP contribution in [0.4, 0.5) is 10.6 Å². The molecule has 2 rings (SSSR count). The Balaban J connectivity index is 2.16. The molecular formula is C27H46N6O3. The lowest BCUT2D eigenvalue weighted by atomic mass is 10.1. The molecule has 1 atom stereocenters. The van der Waals surface area contributed by atoms with Crippen LogP contribution in [0.2, 0.25) is 0 Å². The van der Waals surface area contributed by atoms with Crippen LogP contribution in [0.15, 0.2) is 28.9 Å². The zero-order valence-corrected chi connectivity index (χ0v) is 23.5. The maximum Gasteiger partial charge on any atom is 0.410 e. The Morgan fingerprint density at radius 1 is 1.25 bits per heavy atom. The van der Waals surface area contributed by atoms with E-state index < -0.39 is 5.60 Å². The van der Waals surface area contributed by atoms with Crippen molar-refractivity contribution >= 4 is 23.8 Å². The van der Waals surface area contributed by atoms with Gasteiger partial charge < -0.3 is 29.9 Å². The number of anilines is 1. The van der Waals surface area contributed by atoms with E-state index in [1.807, 2.05) is 59.4 Å². The Bertz CT molecular complexity index is 886. The minimum Gasteiger partial charge on any atom is -0.444 e. The molecule has 1 aliphatic heterocycles. The molecule has 36 heavy (non-hydrogen) atoms. The fraction of sp³-hybridized carbons (Fsp3) is 0.667. The number of pyridine rings is 1. The largest absolute Gasteiger partial charge is 0.444 e. The van der Waals surface area contributed by atoms with Gasteiger partial charge in [0.15, 0.2) is 0 Å². The summed E-state index contributed by atoms with van der Waals surface area (Å²) in [5.74, 6) is 0.898. The average molecular weight is 503 g/mol. The number of likely N-dealkylation sites (N-methyl/N-ethyl adjacent to an activating group) is 2. The van der Waals surface area contributed by atoms with Crippen LogP contribution in [0.25, 0.3) is 5.70 Å². The van der Waals surface area contributed by atoms with Crippen LogP contribution in [0.5, 0.6) is 0 Å². The van der Waals surface area contributed by atoms with Gasteiger partial charge >= 0.3 is 6.09 Å². The minimum absolute atomic E-state index is 0.134. The molecule has 0 aromatic carbocycles. The molecule has 1 aromatic heterocycles. The second-order valence-corrected chi connectivity index (χ2v) is 10.8. The molecule has 1 unspecified atom stereocenters. The maximum atomic E-state index is 12.3. The van der Waals surface area contributed by atoms with Gasteiger partial charge in [-0.25, -0.2) is 9.78 Å². The molecule has 0 radical (unpaired) electrons. The van der Waals surface area contributed by atoms with E-state index in [-0.39, 0.29) is 12.3 Å². The number of aliphatic imine (C=N–C) groups is 1. The number of hydrogen-bond donors (Lipinski definition) is 1. The topological polar surface area (TPSA) is 96.5 Å². The molecule has 9 heteroatoms. The molecule has 1 amide bonds. The predicted molar refractivity (Wildman–Crippen MR) is 147 cm³/mol. The zero-order valence-electron chi connectivity index (χ0n) is 23.5. The van der Waals surface area contributed by atoms with Crippen LogP contribution in [0.1, 0.15) is 59.4 Å². The van der Waals surface area contributed by atoms with Gasteiger partial charge in [0, 0.05) is 75.6 Å². The number of hydrogen-bond acceptors (Lipinski definition) is 8. The summed E-state index contributed by atoms with van der Waals surface area (Å²) in [5, 5.41) is 0. The summed E-state index contributed by atoms with van der Waals surface area (Å²) >= 11 is 0. The average Bonchev–Trinajstić information content (AvgIpc) is 2.83. The van der Waals surface area contributed by atoms with Crippen molar-refractivity contribution in [3.63, 3.8) is 0 Å². The number of nitrogens with two attached hydrogens (primary N) is 1. The Hall–Kier alpha value is -2.65. The van der Waals surface area contributed by atoms with Crippen molar-refractivity contribution < 1.29 is 14.3 Å². The van der Waals surface area contributed by atoms with Crippen LogP contribution in [-0.2, 0) is 9.47 Å². The first-order chi connectivity index (χ1) is 16.9. The highest BCUT2D eigenvalue weighted by Crippen LogP contribution is 2.19. The van der Waals surface area contributed by atoms with Crippen LogP contribution in [-0.4, -0.2) is 92.3 Å². The Morgan fingerprint density at radius 3 is 2.53 bits per heavy atom. The highest BCUT2D eigenvalue weighted by atomic mass is 16.6. The normalized spacial score (nSPS) is 17.4. The highest BCUT2D eigenvalue weighted by Gasteiger charge is 2.20. The van der Waals surface area contributed by atoms with E-state index in [4.69, 9.17) is 20.2 Å². The molecular weight excluding hydrogens is 456 g/mol. The highest BCUT2D eigenvalue weighted by molar-refractivity contribution is 5.90. The van der Waals surface area contributed by atoms with Crippen molar-refractivity contribution in [3.8, 4) is 0 Å². The fourth-order valence-corrected chi connectivity index (χ4v) is 3.54. The first kappa shape index (κ1) is 29.6. The molecule has 1 aromatic rings. The van der Waals surface area contributed by atoms with Gasteiger partial charge in [0.25, 0.3) is 0 Å². The van der Waals surface area contributed by atoms with E-state index in [2.05, 4.69) is 28.6 Å². The summed E-state index contributed by atoms with van der Waals surface area (Å²) in [4.78, 5) is 27.4. The van der Waals surface area contributed by atoms with E-state index in [0.29, 0.717) is 31.4 Å². The molecule has 1 saturated heterocycles. The van der Waals surface area contributed by atoms with Gasteiger partial charge in [0.1, 0.15) is 17.6 Å². The third kappa shape index (κ3) is 9.78. The molecule has 1 aliphatic rings. The third-order valence-electron chi connectivity index (χ3n) is 6.06. The summed E-state index contributed by atoms with van der Waals surface area (Å²) in [6.45, 7) is 12.3. The first-order valence-corrected chi connectivity index (χ1v) is 12.8. The number of nitrogens with zero attached hydrogens (tertiary/aromatic N) is 5. The summed E-state index contributed by atoms with van der Waals surface area (Å²) in [5.41, 5.74) is 8.49. The summed E-state index contributed by atoms with van der Waals surface area (Å²) < 4.78 is 11.2. The second-order valence-electron chi connectivity index (χ2n) is 10.8. The number of carbonyl (C=O) groups is 1. The van der Waals surface area contributed by atoms with E-state index in [1.165, 1.54) is 0 Å². The predicted octanol–water partition coefficient (Wildman–Crippen LogP) is 3.99. The Labute approximate surface area is 217 Å². The van der Waals surface area contributed by atoms with E-state index in [9.17, 15) is 4.79 Å². The monoisotopic (exact) mass is 502 g/mol. The van der Waals surface area contributed by atoms with Crippen molar-refractivity contribution in [2.45, 2.75) is 71.8 Å². The maximum absolute atomic E-state index is 12.3. The zero-order chi connectivity index (χ0) is 26.9. The van der Waals surface area contributed by atoms with Crippen LogP contribution in [0, 0.1) is 0 Å². The van der Waals surface area contributed by atoms with Crippen LogP contribution < -0.4 is 10.6 Å². The van der Waals surface area contributed by atoms with Gasteiger partial charge in [-0.15, -0.1) is 0 Å². The van der Waals surface area contributed by atoms with E-state index >= 15 is 0 Å². The quantitative estimate of drug-likeness (QED) is 0.483. The number of aromatic nitrogens is 1. The van der Waals surface area contributed by atoms with E-state index in [0.717, 1.165) is 42.8 Å². The lowest BCUT2D eigenvalue weighted by Gasteiger charge is -2.26. The molecule has 0 bridgehead atoms. The molecule has 9 nitrogen and oxygen atoms in total. The Kier molecular flexibility index (Phi) is 11.2. The molecule has 202 valence electrons. The number of ether oxygens (including phenoxy) is 2. The molecule has 0 saturated carbocycles. The van der Waals surface area contributed by atoms with Crippen molar-refractivity contribution in [2.75, 3.05) is 52.3 Å². The van der Waals surface area contributed by atoms with E-state index in [1.54, 1.807) is 11.9 Å². The summed E-state index contributed by atoms with van der Waals surface area (Å²) in [6.07, 6.45) is 6.29. The van der Waals surface area contributed by atoms with Gasteiger partial charge in [-0.05, 0) is 73.1 Å². The molecule has 0 spiro atoms. The third-order valence-corrected chi connectivity index (χ3v) is 6.06. The van der Waals surface area contributed by atoms with Gasteiger partial charge in [0.2, 0.25) is 0 Å². The van der Waals surface area contributed by atoms with Gasteiger partial charge in [-0.1, -0.05) is 0 Å². The van der Waals surface area contributed by atoms with Crippen molar-refractivity contribution in [1.82, 2.24) is 14.8 Å². The first-order valence-electron chi connectivity index (χ1n) is 12.8. The number of carbonyl (C=O) groups excluding carboxylic acids is 1. The second kappa shape index (κ2) is 13.6. The lowest BCUT2D eigenvalue weighted by Crippen LogP contribution is -2.39. The SMILES string of the molecule is CC(C)N(C)c1ccc(C(N)=C(C=NC2CCCCO2)CN(C)CCN(C)C(=O)OC(C)(C)C)cn1. The number of rotatable bonds is 10. The van der Waals surface area contributed by atoms with Gasteiger partial charge in [0.05, 0.1) is 0 Å². The number of amides is 1. The Morgan fingerprint density at radius 2 is 1.97 bits per heavy atom. The van der Waals surface area contributed by atoms with Crippen molar-refractivity contribution in [2.24, 2.45) is 10.7 Å². The molecule has 2 heterocycles. The van der Waals surface area contributed by atoms with Crippen LogP contribution >= 0.6 is 0 Å². The molecule has 2 N–H and O–H groups in total. The smallest absolute Gasteiger partial charge is 0.410 e. The lowest BCUT2D eigenvalue weighted by molar-refractivity contribution is 0.0226. The van der Waals surface area contributed by atoms with Gasteiger partial charge in [-0.2, -0.15) is 0 Å². The van der Waals surface area contributed by atoms with Crippen LogP contribution in [0.3, 0.4) is 0 Å². The molecule has 1 fully saturated rings. The standard InChI is InChI=1S/C27H46N6O3/c1-20(2)33(8)23-13-12-21(17-29-23)25(28)22(18-30-24-11-9-10-16-35-24)19-31(6)14-15-32(7)26(34)36-27(3,4)5/h12-13,17-18,20,24H,9-11,14-16,19,28H2,1-8H3. The summed E-state index contributed by atoms with van der Waals surface area (Å²) in [7, 11) is 5.77. The summed E-state index contributed by atoms with van der Waals surface area (Å²) in [6, 6.07) is 4.33. The van der Waals surface area contributed by atoms with Crippen molar-refractivity contribution in [3.05, 3.63) is 29.5 Å². The van der Waals surface area contributed by atoms with Crippen molar-refractivity contribution in [1.29, 1.82) is 0 Å². The molecule has 0 aliphatic carbocycles.